The van der Waals surface area contributed by atoms with Gasteiger partial charge in [0, 0.05) is 22.6 Å². The summed E-state index contributed by atoms with van der Waals surface area (Å²) in [6.45, 7) is 0. The van der Waals surface area contributed by atoms with E-state index in [9.17, 15) is 4.21 Å². The maximum absolute atomic E-state index is 11.9. The van der Waals surface area contributed by atoms with Gasteiger partial charge in [-0.15, -0.1) is 10.2 Å². The van der Waals surface area contributed by atoms with Crippen LogP contribution in [0.4, 0.5) is 0 Å². The topological polar surface area (TPSA) is 69.4 Å². The molecule has 2 aromatic heterocycles. The standard InChI is InChI=1S/C17H14N4O2S/c1-23-12-9-7-11(8-10-12)15-13-5-3-4-6-14(13)16-18-19-17(24(2)22)21(16)20-15/h3-10H,1-2H3. The van der Waals surface area contributed by atoms with Gasteiger partial charge in [0.05, 0.1) is 23.6 Å². The van der Waals surface area contributed by atoms with E-state index in [1.54, 1.807) is 17.9 Å². The lowest BCUT2D eigenvalue weighted by Gasteiger charge is -2.08. The summed E-state index contributed by atoms with van der Waals surface area (Å²) in [5.74, 6) is 0.781. The quantitative estimate of drug-likeness (QED) is 0.574. The molecule has 1 unspecified atom stereocenters. The largest absolute Gasteiger partial charge is 0.497 e. The average Bonchev–Trinajstić information content (AvgIpc) is 3.05. The highest BCUT2D eigenvalue weighted by molar-refractivity contribution is 7.84. The van der Waals surface area contributed by atoms with Gasteiger partial charge in [0.2, 0.25) is 5.16 Å². The van der Waals surface area contributed by atoms with E-state index in [-0.39, 0.29) is 0 Å². The zero-order valence-corrected chi connectivity index (χ0v) is 13.9. The predicted molar refractivity (Wildman–Crippen MR) is 92.6 cm³/mol. The van der Waals surface area contributed by atoms with Crippen molar-refractivity contribution in [3.05, 3.63) is 48.5 Å². The van der Waals surface area contributed by atoms with Crippen molar-refractivity contribution in [3.8, 4) is 17.0 Å². The highest BCUT2D eigenvalue weighted by atomic mass is 32.2. The number of ether oxygens (including phenoxy) is 1. The molecule has 0 amide bonds. The van der Waals surface area contributed by atoms with Crippen LogP contribution in [-0.4, -0.2) is 37.4 Å². The Bertz CT molecular complexity index is 1070. The van der Waals surface area contributed by atoms with Crippen LogP contribution in [0.5, 0.6) is 5.75 Å². The monoisotopic (exact) mass is 338 g/mol. The molecule has 0 bridgehead atoms. The van der Waals surface area contributed by atoms with Crippen molar-refractivity contribution in [2.75, 3.05) is 13.4 Å². The summed E-state index contributed by atoms with van der Waals surface area (Å²) in [6.07, 6.45) is 1.57. The zero-order chi connectivity index (χ0) is 16.7. The normalized spacial score (nSPS) is 12.6. The van der Waals surface area contributed by atoms with Gasteiger partial charge in [-0.25, -0.2) is 0 Å². The highest BCUT2D eigenvalue weighted by Gasteiger charge is 2.16. The minimum absolute atomic E-state index is 0.338. The van der Waals surface area contributed by atoms with Crippen molar-refractivity contribution in [2.45, 2.75) is 5.16 Å². The van der Waals surface area contributed by atoms with E-state index in [1.807, 2.05) is 48.5 Å². The average molecular weight is 338 g/mol. The predicted octanol–water partition coefficient (Wildman–Crippen LogP) is 2.69. The number of benzene rings is 2. The molecule has 4 aromatic rings. The Balaban J connectivity index is 2.08. The van der Waals surface area contributed by atoms with Crippen molar-refractivity contribution in [1.29, 1.82) is 0 Å². The first-order valence-corrected chi connectivity index (χ1v) is 8.87. The molecule has 2 heterocycles. The van der Waals surface area contributed by atoms with E-state index in [1.165, 1.54) is 0 Å². The molecule has 0 aliphatic heterocycles. The van der Waals surface area contributed by atoms with Gasteiger partial charge in [-0.3, -0.25) is 4.21 Å². The van der Waals surface area contributed by atoms with Crippen molar-refractivity contribution < 1.29 is 8.95 Å². The SMILES string of the molecule is COc1ccc(-c2nn3c(S(C)=O)nnc3c3ccccc23)cc1. The van der Waals surface area contributed by atoms with Crippen LogP contribution in [0.3, 0.4) is 0 Å². The summed E-state index contributed by atoms with van der Waals surface area (Å²) in [4.78, 5) is 0. The molecule has 0 radical (unpaired) electrons. The Labute approximate surface area is 140 Å². The zero-order valence-electron chi connectivity index (χ0n) is 13.1. The van der Waals surface area contributed by atoms with E-state index in [0.29, 0.717) is 10.8 Å². The fraction of sp³-hybridized carbons (Fsp3) is 0.118. The number of hydrogen-bond donors (Lipinski definition) is 0. The van der Waals surface area contributed by atoms with Gasteiger partial charge >= 0.3 is 0 Å². The lowest BCUT2D eigenvalue weighted by Crippen LogP contribution is -2.02. The second kappa shape index (κ2) is 5.68. The van der Waals surface area contributed by atoms with Crippen LogP contribution >= 0.6 is 0 Å². The molecule has 0 N–H and O–H groups in total. The third-order valence-corrected chi connectivity index (χ3v) is 4.62. The van der Waals surface area contributed by atoms with Crippen molar-refractivity contribution in [3.63, 3.8) is 0 Å². The number of methoxy groups -OCH3 is 1. The number of rotatable bonds is 3. The molecule has 0 fully saturated rings. The lowest BCUT2D eigenvalue weighted by molar-refractivity contribution is 0.415. The minimum atomic E-state index is -1.28. The van der Waals surface area contributed by atoms with Crippen LogP contribution in [0.1, 0.15) is 0 Å². The number of aromatic nitrogens is 4. The van der Waals surface area contributed by atoms with Gasteiger partial charge in [-0.05, 0) is 24.3 Å². The summed E-state index contributed by atoms with van der Waals surface area (Å²) >= 11 is 0. The summed E-state index contributed by atoms with van der Waals surface area (Å²) in [7, 11) is 0.355. The minimum Gasteiger partial charge on any atom is -0.497 e. The van der Waals surface area contributed by atoms with Crippen LogP contribution in [0.15, 0.2) is 53.7 Å². The first-order chi connectivity index (χ1) is 11.7. The third-order valence-electron chi connectivity index (χ3n) is 3.86. The molecule has 2 aromatic carbocycles. The van der Waals surface area contributed by atoms with Crippen molar-refractivity contribution in [1.82, 2.24) is 19.8 Å². The van der Waals surface area contributed by atoms with Crippen LogP contribution in [0.2, 0.25) is 0 Å². The number of hydrogen-bond acceptors (Lipinski definition) is 5. The van der Waals surface area contributed by atoms with Crippen LogP contribution in [0.25, 0.3) is 27.7 Å². The molecule has 4 rings (SSSR count). The van der Waals surface area contributed by atoms with Gasteiger partial charge in [-0.2, -0.15) is 9.61 Å². The first kappa shape index (κ1) is 14.8. The van der Waals surface area contributed by atoms with Gasteiger partial charge < -0.3 is 4.74 Å². The first-order valence-electron chi connectivity index (χ1n) is 7.31. The van der Waals surface area contributed by atoms with E-state index in [4.69, 9.17) is 4.74 Å². The van der Waals surface area contributed by atoms with E-state index >= 15 is 0 Å². The Hall–Kier alpha value is -2.80. The Morgan fingerprint density at radius 3 is 2.38 bits per heavy atom. The van der Waals surface area contributed by atoms with Gasteiger partial charge in [0.15, 0.2) is 5.65 Å². The molecule has 0 spiro atoms. The van der Waals surface area contributed by atoms with Gasteiger partial charge in [0.25, 0.3) is 0 Å². The molecule has 0 saturated carbocycles. The number of nitrogens with zero attached hydrogens (tertiary/aromatic N) is 4. The van der Waals surface area contributed by atoms with Gasteiger partial charge in [-0.1, -0.05) is 24.3 Å². The molecular weight excluding hydrogens is 324 g/mol. The molecule has 0 aliphatic rings. The summed E-state index contributed by atoms with van der Waals surface area (Å²) in [5, 5.41) is 15.1. The Morgan fingerprint density at radius 1 is 1.00 bits per heavy atom. The van der Waals surface area contributed by atoms with Crippen LogP contribution in [0, 0.1) is 0 Å². The maximum Gasteiger partial charge on any atom is 0.242 e. The molecule has 0 aliphatic carbocycles. The second-order valence-corrected chi connectivity index (χ2v) is 6.57. The fourth-order valence-corrected chi connectivity index (χ4v) is 3.23. The summed E-state index contributed by atoms with van der Waals surface area (Å²) < 4.78 is 18.7. The van der Waals surface area contributed by atoms with Crippen molar-refractivity contribution in [2.24, 2.45) is 0 Å². The smallest absolute Gasteiger partial charge is 0.242 e. The molecule has 1 atom stereocenters. The fourth-order valence-electron chi connectivity index (χ4n) is 2.70. The number of fused-ring (bicyclic) bond motifs is 3. The van der Waals surface area contributed by atoms with Gasteiger partial charge in [0.1, 0.15) is 5.75 Å². The van der Waals surface area contributed by atoms with E-state index in [0.717, 1.165) is 27.8 Å². The molecule has 120 valence electrons. The van der Waals surface area contributed by atoms with Crippen LogP contribution in [-0.2, 0) is 10.8 Å². The molecule has 0 saturated heterocycles. The van der Waals surface area contributed by atoms with Crippen molar-refractivity contribution >= 4 is 27.2 Å². The Morgan fingerprint density at radius 2 is 1.71 bits per heavy atom. The maximum atomic E-state index is 11.9. The lowest BCUT2D eigenvalue weighted by atomic mass is 10.0. The second-order valence-electron chi connectivity index (χ2n) is 5.29. The summed E-state index contributed by atoms with van der Waals surface area (Å²) in [6, 6.07) is 15.6. The van der Waals surface area contributed by atoms with Crippen LogP contribution < -0.4 is 4.74 Å². The molecule has 7 heteroatoms. The summed E-state index contributed by atoms with van der Waals surface area (Å²) in [5.41, 5.74) is 2.33. The Kier molecular flexibility index (Phi) is 3.50. The molecule has 6 nitrogen and oxygen atoms in total. The van der Waals surface area contributed by atoms with E-state index in [2.05, 4.69) is 15.3 Å². The van der Waals surface area contributed by atoms with E-state index < -0.39 is 10.8 Å². The molecular formula is C17H14N4O2S. The molecule has 24 heavy (non-hydrogen) atoms. The highest BCUT2D eigenvalue weighted by Crippen LogP contribution is 2.30. The third kappa shape index (κ3) is 2.25.